The average molecular weight is 232 g/mol. The lowest BCUT2D eigenvalue weighted by atomic mass is 10.2. The van der Waals surface area contributed by atoms with Gasteiger partial charge in [-0.2, -0.15) is 0 Å². The third kappa shape index (κ3) is 2.38. The summed E-state index contributed by atoms with van der Waals surface area (Å²) in [5.41, 5.74) is 7.24. The molecule has 0 bridgehead atoms. The molecule has 0 atom stereocenters. The van der Waals surface area contributed by atoms with Gasteiger partial charge in [0.25, 0.3) is 0 Å². The van der Waals surface area contributed by atoms with Crippen molar-refractivity contribution >= 4 is 11.7 Å². The fourth-order valence-electron chi connectivity index (χ4n) is 1.63. The van der Waals surface area contributed by atoms with E-state index in [9.17, 15) is 0 Å². The molecule has 0 aliphatic heterocycles. The fourth-order valence-corrected chi connectivity index (χ4v) is 1.63. The largest absolute Gasteiger partial charge is 0.403 e. The molecule has 5 heteroatoms. The van der Waals surface area contributed by atoms with Crippen LogP contribution in [0.15, 0.2) is 28.7 Å². The average Bonchev–Trinajstić information content (AvgIpc) is 2.80. The third-order valence-corrected chi connectivity index (χ3v) is 2.58. The van der Waals surface area contributed by atoms with Crippen LogP contribution < -0.4 is 10.6 Å². The number of hydrogen-bond donors (Lipinski definition) is 1. The van der Waals surface area contributed by atoms with Gasteiger partial charge in [0.1, 0.15) is 0 Å². The van der Waals surface area contributed by atoms with E-state index in [0.29, 0.717) is 17.6 Å². The van der Waals surface area contributed by atoms with Gasteiger partial charge in [-0.3, -0.25) is 0 Å². The number of benzene rings is 1. The van der Waals surface area contributed by atoms with Crippen molar-refractivity contribution in [3.8, 4) is 11.5 Å². The van der Waals surface area contributed by atoms with Crippen LogP contribution in [0.2, 0.25) is 0 Å². The molecule has 2 aromatic rings. The zero-order valence-electron chi connectivity index (χ0n) is 10.1. The number of rotatable bonds is 4. The van der Waals surface area contributed by atoms with Gasteiger partial charge in [0.05, 0.1) is 0 Å². The molecule has 17 heavy (non-hydrogen) atoms. The molecule has 0 saturated heterocycles. The maximum atomic E-state index is 5.71. The highest BCUT2D eigenvalue weighted by Gasteiger charge is 2.12. The maximum absolute atomic E-state index is 5.71. The topological polar surface area (TPSA) is 68.2 Å². The molecule has 0 saturated carbocycles. The molecule has 2 rings (SSSR count). The predicted molar refractivity (Wildman–Crippen MR) is 67.7 cm³/mol. The van der Waals surface area contributed by atoms with Gasteiger partial charge >= 0.3 is 6.01 Å². The first kappa shape index (κ1) is 11.4. The molecule has 1 heterocycles. The van der Waals surface area contributed by atoms with Gasteiger partial charge in [0.2, 0.25) is 5.89 Å². The Balaban J connectivity index is 2.29. The first-order valence-corrected chi connectivity index (χ1v) is 5.69. The van der Waals surface area contributed by atoms with Gasteiger partial charge in [-0.25, -0.2) is 0 Å². The highest BCUT2D eigenvalue weighted by Crippen LogP contribution is 2.23. The van der Waals surface area contributed by atoms with Crippen LogP contribution in [-0.4, -0.2) is 23.3 Å². The second-order valence-electron chi connectivity index (χ2n) is 3.69. The van der Waals surface area contributed by atoms with Crippen molar-refractivity contribution in [1.29, 1.82) is 0 Å². The van der Waals surface area contributed by atoms with Gasteiger partial charge in [-0.15, -0.1) is 5.10 Å². The van der Waals surface area contributed by atoms with Crippen molar-refractivity contribution in [2.24, 2.45) is 0 Å². The minimum absolute atomic E-state index is 0.499. The summed E-state index contributed by atoms with van der Waals surface area (Å²) >= 11 is 0. The van der Waals surface area contributed by atoms with Crippen LogP contribution in [0.5, 0.6) is 0 Å². The van der Waals surface area contributed by atoms with E-state index >= 15 is 0 Å². The molecule has 5 nitrogen and oxygen atoms in total. The number of nitrogens with two attached hydrogens (primary N) is 1. The van der Waals surface area contributed by atoms with Crippen LogP contribution in [0.3, 0.4) is 0 Å². The molecule has 0 aliphatic rings. The molecule has 0 unspecified atom stereocenters. The zero-order valence-corrected chi connectivity index (χ0v) is 10.1. The molecule has 0 aliphatic carbocycles. The van der Waals surface area contributed by atoms with Crippen molar-refractivity contribution in [3.63, 3.8) is 0 Å². The van der Waals surface area contributed by atoms with Crippen LogP contribution in [-0.2, 0) is 0 Å². The summed E-state index contributed by atoms with van der Waals surface area (Å²) in [4.78, 5) is 2.00. The first-order chi connectivity index (χ1) is 8.24. The molecule has 2 N–H and O–H groups in total. The van der Waals surface area contributed by atoms with Gasteiger partial charge < -0.3 is 15.1 Å². The number of nitrogen functional groups attached to an aromatic ring is 1. The van der Waals surface area contributed by atoms with E-state index in [0.717, 1.165) is 18.7 Å². The van der Waals surface area contributed by atoms with Crippen molar-refractivity contribution in [2.75, 3.05) is 23.7 Å². The Labute approximate surface area is 100 Å². The number of hydrogen-bond acceptors (Lipinski definition) is 5. The lowest BCUT2D eigenvalue weighted by Gasteiger charge is -2.13. The van der Waals surface area contributed by atoms with E-state index in [1.165, 1.54) is 0 Å². The van der Waals surface area contributed by atoms with E-state index < -0.39 is 0 Å². The van der Waals surface area contributed by atoms with E-state index in [-0.39, 0.29) is 0 Å². The first-order valence-electron chi connectivity index (χ1n) is 5.69. The number of aromatic nitrogens is 2. The van der Waals surface area contributed by atoms with Crippen LogP contribution >= 0.6 is 0 Å². The van der Waals surface area contributed by atoms with Gasteiger partial charge in [0, 0.05) is 24.3 Å². The summed E-state index contributed by atoms with van der Waals surface area (Å²) in [5.74, 6) is 0.499. The van der Waals surface area contributed by atoms with Crippen LogP contribution in [0.4, 0.5) is 11.7 Å². The molecule has 1 aromatic carbocycles. The zero-order chi connectivity index (χ0) is 12.3. The Hall–Kier alpha value is -2.04. The summed E-state index contributed by atoms with van der Waals surface area (Å²) < 4.78 is 5.62. The van der Waals surface area contributed by atoms with Gasteiger partial charge in [-0.1, -0.05) is 11.2 Å². The van der Waals surface area contributed by atoms with E-state index in [2.05, 4.69) is 10.2 Å². The molecule has 0 spiro atoms. The Kier molecular flexibility index (Phi) is 3.27. The molecular formula is C12H16N4O. The van der Waals surface area contributed by atoms with Crippen molar-refractivity contribution < 1.29 is 4.42 Å². The third-order valence-electron chi connectivity index (χ3n) is 2.58. The Morgan fingerprint density at radius 3 is 2.65 bits per heavy atom. The molecule has 1 aromatic heterocycles. The monoisotopic (exact) mass is 232 g/mol. The van der Waals surface area contributed by atoms with Gasteiger partial charge in [-0.05, 0) is 32.0 Å². The highest BCUT2D eigenvalue weighted by atomic mass is 16.4. The van der Waals surface area contributed by atoms with Crippen molar-refractivity contribution in [2.45, 2.75) is 13.8 Å². The lowest BCUT2D eigenvalue weighted by molar-refractivity contribution is 0.550. The van der Waals surface area contributed by atoms with E-state index in [1.807, 2.05) is 43.0 Å². The second kappa shape index (κ2) is 4.86. The molecule has 0 radical (unpaired) electrons. The lowest BCUT2D eigenvalue weighted by Crippen LogP contribution is -2.21. The van der Waals surface area contributed by atoms with E-state index in [4.69, 9.17) is 10.2 Å². The minimum Gasteiger partial charge on any atom is -0.403 e. The predicted octanol–water partition coefficient (Wildman–Crippen LogP) is 2.17. The summed E-state index contributed by atoms with van der Waals surface area (Å²) in [6.45, 7) is 5.78. The van der Waals surface area contributed by atoms with Crippen molar-refractivity contribution in [3.05, 3.63) is 24.3 Å². The highest BCUT2D eigenvalue weighted by molar-refractivity contribution is 5.59. The van der Waals surface area contributed by atoms with Gasteiger partial charge in [0.15, 0.2) is 0 Å². The fraction of sp³-hybridized carbons (Fsp3) is 0.333. The smallest absolute Gasteiger partial charge is 0.318 e. The second-order valence-corrected chi connectivity index (χ2v) is 3.69. The SMILES string of the molecule is CCN(CC)c1nnc(-c2cccc(N)c2)o1. The van der Waals surface area contributed by atoms with Crippen molar-refractivity contribution in [1.82, 2.24) is 10.2 Å². The Bertz CT molecular complexity index is 491. The molecule has 0 amide bonds. The standard InChI is InChI=1S/C12H16N4O/c1-3-16(4-2)12-15-14-11(17-12)9-6-5-7-10(13)8-9/h5-8H,3-4,13H2,1-2H3. The minimum atomic E-state index is 0.499. The summed E-state index contributed by atoms with van der Waals surface area (Å²) in [5, 5.41) is 8.06. The summed E-state index contributed by atoms with van der Waals surface area (Å²) in [6, 6.07) is 7.96. The Morgan fingerprint density at radius 1 is 1.24 bits per heavy atom. The molecular weight excluding hydrogens is 216 g/mol. The summed E-state index contributed by atoms with van der Waals surface area (Å²) in [7, 11) is 0. The van der Waals surface area contributed by atoms with Crippen LogP contribution in [0, 0.1) is 0 Å². The normalized spacial score (nSPS) is 10.5. The van der Waals surface area contributed by atoms with Crippen LogP contribution in [0.25, 0.3) is 11.5 Å². The molecule has 0 fully saturated rings. The van der Waals surface area contributed by atoms with E-state index in [1.54, 1.807) is 0 Å². The maximum Gasteiger partial charge on any atom is 0.318 e. The molecule has 90 valence electrons. The summed E-state index contributed by atoms with van der Waals surface area (Å²) in [6.07, 6.45) is 0. The number of anilines is 2. The Morgan fingerprint density at radius 2 is 2.00 bits per heavy atom. The number of nitrogens with zero attached hydrogens (tertiary/aromatic N) is 3. The quantitative estimate of drug-likeness (QED) is 0.818. The van der Waals surface area contributed by atoms with Crippen LogP contribution in [0.1, 0.15) is 13.8 Å².